The Morgan fingerprint density at radius 1 is 0.903 bits per heavy atom. The summed E-state index contributed by atoms with van der Waals surface area (Å²) >= 11 is 0. The Balaban J connectivity index is 1.28. The maximum absolute atomic E-state index is 12.4. The molecule has 3 aromatic carbocycles. The van der Waals surface area contributed by atoms with Crippen LogP contribution in [0.5, 0.6) is 11.5 Å². The number of aromatic nitrogens is 1. The van der Waals surface area contributed by atoms with Crippen molar-refractivity contribution in [2.45, 2.75) is 13.0 Å². The smallest absolute Gasteiger partial charge is 0.251 e. The largest absolute Gasteiger partial charge is 0.497 e. The van der Waals surface area contributed by atoms with Crippen LogP contribution in [0.1, 0.15) is 21.6 Å². The van der Waals surface area contributed by atoms with E-state index in [2.05, 4.69) is 10.3 Å². The first-order chi connectivity index (χ1) is 15.2. The van der Waals surface area contributed by atoms with Crippen molar-refractivity contribution in [3.63, 3.8) is 0 Å². The third-order valence-electron chi connectivity index (χ3n) is 4.99. The molecule has 4 rings (SSSR count). The summed E-state index contributed by atoms with van der Waals surface area (Å²) in [5, 5.41) is 4.05. The number of ether oxygens (including phenoxy) is 2. The Labute approximate surface area is 181 Å². The predicted octanol–water partition coefficient (Wildman–Crippen LogP) is 4.79. The molecule has 1 heterocycles. The second-order valence-electron chi connectivity index (χ2n) is 7.17. The van der Waals surface area contributed by atoms with Gasteiger partial charge in [0.1, 0.15) is 18.1 Å². The lowest BCUT2D eigenvalue weighted by atomic mass is 10.1. The molecule has 0 bridgehead atoms. The van der Waals surface area contributed by atoms with Crippen LogP contribution in [0, 0.1) is 0 Å². The first-order valence-electron chi connectivity index (χ1n) is 10.2. The van der Waals surface area contributed by atoms with Crippen molar-refractivity contribution in [1.29, 1.82) is 0 Å². The summed E-state index contributed by atoms with van der Waals surface area (Å²) in [5.74, 6) is 1.41. The van der Waals surface area contributed by atoms with Crippen molar-refractivity contribution in [2.75, 3.05) is 13.7 Å². The number of carbonyl (C=O) groups is 1. The standard InChI is InChI=1S/C26H24N2O3/c1-30-24-7-4-5-19(17-24)15-16-27-26(29)21-10-13-23(14-11-21)31-18-22-12-9-20-6-2-3-8-25(20)28-22/h2-14,17H,15-16,18H2,1H3,(H,27,29). The highest BCUT2D eigenvalue weighted by Crippen LogP contribution is 2.16. The second-order valence-corrected chi connectivity index (χ2v) is 7.17. The van der Waals surface area contributed by atoms with E-state index in [4.69, 9.17) is 9.47 Å². The lowest BCUT2D eigenvalue weighted by Gasteiger charge is -2.09. The molecule has 0 aliphatic heterocycles. The third-order valence-corrected chi connectivity index (χ3v) is 4.99. The molecule has 0 saturated heterocycles. The van der Waals surface area contributed by atoms with Gasteiger partial charge in [0, 0.05) is 17.5 Å². The van der Waals surface area contributed by atoms with Crippen molar-refractivity contribution in [3.05, 3.63) is 102 Å². The van der Waals surface area contributed by atoms with Crippen molar-refractivity contribution < 1.29 is 14.3 Å². The van der Waals surface area contributed by atoms with Gasteiger partial charge in [-0.05, 0) is 60.5 Å². The topological polar surface area (TPSA) is 60.5 Å². The van der Waals surface area contributed by atoms with Crippen LogP contribution >= 0.6 is 0 Å². The number of hydrogen-bond acceptors (Lipinski definition) is 4. The van der Waals surface area contributed by atoms with E-state index in [9.17, 15) is 4.79 Å². The number of fused-ring (bicyclic) bond motifs is 1. The maximum atomic E-state index is 12.4. The summed E-state index contributed by atoms with van der Waals surface area (Å²) in [4.78, 5) is 17.0. The number of amides is 1. The van der Waals surface area contributed by atoms with Gasteiger partial charge in [-0.2, -0.15) is 0 Å². The average Bonchev–Trinajstić information content (AvgIpc) is 2.83. The number of para-hydroxylation sites is 1. The lowest BCUT2D eigenvalue weighted by Crippen LogP contribution is -2.25. The van der Waals surface area contributed by atoms with E-state index < -0.39 is 0 Å². The molecule has 0 fully saturated rings. The molecular formula is C26H24N2O3. The molecule has 0 aliphatic carbocycles. The van der Waals surface area contributed by atoms with Crippen LogP contribution in [0.4, 0.5) is 0 Å². The van der Waals surface area contributed by atoms with Crippen LogP contribution in [0.2, 0.25) is 0 Å². The van der Waals surface area contributed by atoms with Crippen molar-refractivity contribution in [1.82, 2.24) is 10.3 Å². The Hall–Kier alpha value is -3.86. The molecule has 5 heteroatoms. The maximum Gasteiger partial charge on any atom is 0.251 e. The fourth-order valence-corrected chi connectivity index (χ4v) is 3.30. The summed E-state index contributed by atoms with van der Waals surface area (Å²) < 4.78 is 11.1. The van der Waals surface area contributed by atoms with Gasteiger partial charge in [-0.15, -0.1) is 0 Å². The molecule has 0 spiro atoms. The molecule has 0 atom stereocenters. The Bertz CT molecular complexity index is 1170. The zero-order chi connectivity index (χ0) is 21.5. The SMILES string of the molecule is COc1cccc(CCNC(=O)c2ccc(OCc3ccc4ccccc4n3)cc2)c1. The molecule has 0 saturated carbocycles. The second kappa shape index (κ2) is 9.76. The van der Waals surface area contributed by atoms with Crippen LogP contribution in [0.15, 0.2) is 84.9 Å². The van der Waals surface area contributed by atoms with Crippen LogP contribution in [0.25, 0.3) is 10.9 Å². The molecule has 1 amide bonds. The summed E-state index contributed by atoms with van der Waals surface area (Å²) in [6.07, 6.45) is 0.739. The average molecular weight is 412 g/mol. The van der Waals surface area contributed by atoms with E-state index in [-0.39, 0.29) is 5.91 Å². The number of nitrogens with zero attached hydrogens (tertiary/aromatic N) is 1. The number of carbonyl (C=O) groups excluding carboxylic acids is 1. The molecule has 1 aromatic heterocycles. The first kappa shape index (κ1) is 20.4. The fraction of sp³-hybridized carbons (Fsp3) is 0.154. The number of methoxy groups -OCH3 is 1. The summed E-state index contributed by atoms with van der Waals surface area (Å²) in [6.45, 7) is 0.925. The van der Waals surface area contributed by atoms with Crippen molar-refractivity contribution >= 4 is 16.8 Å². The van der Waals surface area contributed by atoms with E-state index >= 15 is 0 Å². The molecule has 31 heavy (non-hydrogen) atoms. The van der Waals surface area contributed by atoms with Crippen molar-refractivity contribution in [3.8, 4) is 11.5 Å². The minimum absolute atomic E-state index is 0.106. The van der Waals surface area contributed by atoms with Gasteiger partial charge in [-0.3, -0.25) is 4.79 Å². The number of nitrogens with one attached hydrogen (secondary N) is 1. The highest BCUT2D eigenvalue weighted by molar-refractivity contribution is 5.94. The normalized spacial score (nSPS) is 10.6. The Kier molecular flexibility index (Phi) is 6.43. The minimum atomic E-state index is -0.106. The molecule has 0 radical (unpaired) electrons. The molecule has 4 aromatic rings. The summed E-state index contributed by atoms with van der Waals surface area (Å²) in [5.41, 5.74) is 3.52. The third kappa shape index (κ3) is 5.39. The molecule has 0 aliphatic rings. The first-order valence-corrected chi connectivity index (χ1v) is 10.2. The van der Waals surface area contributed by atoms with Crippen LogP contribution < -0.4 is 14.8 Å². The number of pyridine rings is 1. The highest BCUT2D eigenvalue weighted by Gasteiger charge is 2.06. The summed E-state index contributed by atoms with van der Waals surface area (Å²) in [7, 11) is 1.65. The van der Waals surface area contributed by atoms with Gasteiger partial charge in [0.25, 0.3) is 5.91 Å². The Morgan fingerprint density at radius 2 is 1.74 bits per heavy atom. The number of benzene rings is 3. The van der Waals surface area contributed by atoms with Crippen LogP contribution in [-0.2, 0) is 13.0 Å². The van der Waals surface area contributed by atoms with Gasteiger partial charge >= 0.3 is 0 Å². The predicted molar refractivity (Wildman–Crippen MR) is 122 cm³/mol. The van der Waals surface area contributed by atoms with E-state index in [1.165, 1.54) is 0 Å². The van der Waals surface area contributed by atoms with E-state index in [0.29, 0.717) is 24.5 Å². The molecule has 0 unspecified atom stereocenters. The number of hydrogen-bond donors (Lipinski definition) is 1. The van der Waals surface area contributed by atoms with Gasteiger partial charge < -0.3 is 14.8 Å². The van der Waals surface area contributed by atoms with Gasteiger partial charge in [-0.25, -0.2) is 4.98 Å². The summed E-state index contributed by atoms with van der Waals surface area (Å²) in [6, 6.07) is 27.0. The van der Waals surface area contributed by atoms with E-state index in [0.717, 1.165) is 34.3 Å². The monoisotopic (exact) mass is 412 g/mol. The van der Waals surface area contributed by atoms with Crippen LogP contribution in [0.3, 0.4) is 0 Å². The zero-order valence-electron chi connectivity index (χ0n) is 17.4. The zero-order valence-corrected chi connectivity index (χ0v) is 17.4. The van der Waals surface area contributed by atoms with Gasteiger partial charge in [-0.1, -0.05) is 36.4 Å². The lowest BCUT2D eigenvalue weighted by molar-refractivity contribution is 0.0954. The number of rotatable bonds is 8. The van der Waals surface area contributed by atoms with E-state index in [1.807, 2.05) is 60.7 Å². The molecule has 156 valence electrons. The van der Waals surface area contributed by atoms with Gasteiger partial charge in [0.15, 0.2) is 0 Å². The fourth-order valence-electron chi connectivity index (χ4n) is 3.30. The Morgan fingerprint density at radius 3 is 2.58 bits per heavy atom. The van der Waals surface area contributed by atoms with Gasteiger partial charge in [0.2, 0.25) is 0 Å². The minimum Gasteiger partial charge on any atom is -0.497 e. The van der Waals surface area contributed by atoms with Crippen molar-refractivity contribution in [2.24, 2.45) is 0 Å². The molecule has 1 N–H and O–H groups in total. The highest BCUT2D eigenvalue weighted by atomic mass is 16.5. The van der Waals surface area contributed by atoms with E-state index in [1.54, 1.807) is 31.4 Å². The molecule has 5 nitrogen and oxygen atoms in total. The van der Waals surface area contributed by atoms with Gasteiger partial charge in [0.05, 0.1) is 18.3 Å². The molecular weight excluding hydrogens is 388 g/mol. The van der Waals surface area contributed by atoms with Crippen LogP contribution in [-0.4, -0.2) is 24.5 Å². The quantitative estimate of drug-likeness (QED) is 0.452.